The number of amides is 1. The van der Waals surface area contributed by atoms with E-state index < -0.39 is 17.7 Å². The normalized spacial score (nSPS) is 16.3. The molecule has 1 fully saturated rings. The summed E-state index contributed by atoms with van der Waals surface area (Å²) in [6.45, 7) is 4.64. The van der Waals surface area contributed by atoms with Crippen LogP contribution in [-0.2, 0) is 15.3 Å². The van der Waals surface area contributed by atoms with Gasteiger partial charge in [-0.1, -0.05) is 72.0 Å². The Kier molecular flexibility index (Phi) is 8.70. The van der Waals surface area contributed by atoms with Crippen molar-refractivity contribution >= 4 is 45.7 Å². The van der Waals surface area contributed by atoms with Crippen LogP contribution < -0.4 is 14.4 Å². The second kappa shape index (κ2) is 12.6. The second-order valence-corrected chi connectivity index (χ2v) is 11.6. The highest BCUT2D eigenvalue weighted by atomic mass is 32.2. The van der Waals surface area contributed by atoms with Crippen molar-refractivity contribution in [2.24, 2.45) is 0 Å². The Balaban J connectivity index is 1.51. The van der Waals surface area contributed by atoms with Crippen molar-refractivity contribution < 1.29 is 24.2 Å². The number of hydrogen-bond donors (Lipinski definition) is 1. The number of aliphatic hydroxyl groups excluding tert-OH is 1. The van der Waals surface area contributed by atoms with Crippen LogP contribution >= 0.6 is 23.1 Å². The number of aromatic nitrogens is 2. The third-order valence-electron chi connectivity index (χ3n) is 6.56. The van der Waals surface area contributed by atoms with Gasteiger partial charge in [0.1, 0.15) is 17.3 Å². The fraction of sp³-hybridized carbons (Fsp3) is 0.226. The van der Waals surface area contributed by atoms with E-state index in [1.54, 1.807) is 55.6 Å². The van der Waals surface area contributed by atoms with Crippen LogP contribution in [0.3, 0.4) is 0 Å². The quantitative estimate of drug-likeness (QED) is 0.0732. The fourth-order valence-corrected chi connectivity index (χ4v) is 6.23. The molecule has 1 saturated heterocycles. The number of carbonyl (C=O) groups is 2. The van der Waals surface area contributed by atoms with E-state index in [0.717, 1.165) is 12.0 Å². The van der Waals surface area contributed by atoms with Crippen LogP contribution in [0.25, 0.3) is 5.76 Å². The van der Waals surface area contributed by atoms with Gasteiger partial charge in [-0.3, -0.25) is 14.5 Å². The zero-order chi connectivity index (χ0) is 28.9. The number of rotatable bonds is 10. The Bertz CT molecular complexity index is 1560. The van der Waals surface area contributed by atoms with Gasteiger partial charge in [-0.15, -0.1) is 10.2 Å². The number of benzene rings is 3. The summed E-state index contributed by atoms with van der Waals surface area (Å²) in [5.41, 5.74) is 3.33. The molecular weight excluding hydrogens is 558 g/mol. The first-order chi connectivity index (χ1) is 19.9. The van der Waals surface area contributed by atoms with E-state index in [-0.39, 0.29) is 16.5 Å². The maximum absolute atomic E-state index is 13.5. The third-order valence-corrected chi connectivity index (χ3v) is 8.69. The van der Waals surface area contributed by atoms with Gasteiger partial charge in [0.25, 0.3) is 5.78 Å². The number of hydrogen-bond acceptors (Lipinski definition) is 9. The van der Waals surface area contributed by atoms with E-state index in [2.05, 4.69) is 34.5 Å². The summed E-state index contributed by atoms with van der Waals surface area (Å²) in [6.07, 6.45) is 0.866. The molecule has 8 nitrogen and oxygen atoms in total. The topological polar surface area (TPSA) is 102 Å². The van der Waals surface area contributed by atoms with Crippen LogP contribution in [-0.4, -0.2) is 40.7 Å². The van der Waals surface area contributed by atoms with Crippen molar-refractivity contribution in [3.05, 3.63) is 101 Å². The van der Waals surface area contributed by atoms with Crippen molar-refractivity contribution in [3.8, 4) is 11.5 Å². The molecule has 41 heavy (non-hydrogen) atoms. The van der Waals surface area contributed by atoms with Gasteiger partial charge in [0.05, 0.1) is 25.3 Å². The van der Waals surface area contributed by atoms with Crippen molar-refractivity contribution in [3.63, 3.8) is 0 Å². The molecule has 210 valence electrons. The smallest absolute Gasteiger partial charge is 0.301 e. The Morgan fingerprint density at radius 3 is 2.32 bits per heavy atom. The molecular formula is C31H29N3O5S2. The van der Waals surface area contributed by atoms with Crippen LogP contribution in [0, 0.1) is 6.92 Å². The van der Waals surface area contributed by atoms with Gasteiger partial charge >= 0.3 is 5.91 Å². The number of ketones is 1. The summed E-state index contributed by atoms with van der Waals surface area (Å²) >= 11 is 2.74. The number of ether oxygens (including phenoxy) is 2. The van der Waals surface area contributed by atoms with Crippen LogP contribution in [0.1, 0.15) is 41.6 Å². The number of nitrogens with zero attached hydrogens (tertiary/aromatic N) is 3. The number of aliphatic hydroxyl groups is 1. The minimum absolute atomic E-state index is 0.0218. The Labute approximate surface area is 246 Å². The average Bonchev–Trinajstić information content (AvgIpc) is 3.57. The maximum Gasteiger partial charge on any atom is 0.301 e. The number of anilines is 1. The summed E-state index contributed by atoms with van der Waals surface area (Å²) in [5, 5.41) is 20.2. The summed E-state index contributed by atoms with van der Waals surface area (Å²) in [6, 6.07) is 21.2. The zero-order valence-electron chi connectivity index (χ0n) is 22.9. The predicted molar refractivity (Wildman–Crippen MR) is 161 cm³/mol. The molecule has 5 rings (SSSR count). The summed E-state index contributed by atoms with van der Waals surface area (Å²) in [4.78, 5) is 28.3. The molecule has 1 amide bonds. The first-order valence-electron chi connectivity index (χ1n) is 13.1. The van der Waals surface area contributed by atoms with Gasteiger partial charge in [0.15, 0.2) is 4.34 Å². The molecule has 0 spiro atoms. The van der Waals surface area contributed by atoms with Crippen molar-refractivity contribution in [1.29, 1.82) is 0 Å². The number of Topliss-reactive ketones (excluding diaryl/α,β-unsaturated/α-hetero) is 1. The van der Waals surface area contributed by atoms with E-state index in [1.807, 2.05) is 13.8 Å². The van der Waals surface area contributed by atoms with Crippen molar-refractivity contribution in [2.75, 3.05) is 18.6 Å². The number of carbonyl (C=O) groups excluding carboxylic acids is 2. The molecule has 1 aliphatic heterocycles. The molecule has 0 radical (unpaired) electrons. The highest BCUT2D eigenvalue weighted by Crippen LogP contribution is 2.44. The molecule has 0 bridgehead atoms. The standard InChI is InChI=1S/C31H29N3O5S2/c1-4-17-39-24-15-9-21(10-16-24)26-25(27(35)22-11-13-23(38-3)14-12-22)28(36)29(37)34(26)30-32-33-31(41-30)40-18-20-7-5-19(2)6-8-20/h5-16,26,35H,4,17-18H2,1-3H3/b27-25-. The molecule has 2 heterocycles. The Hall–Kier alpha value is -4.15. The van der Waals surface area contributed by atoms with Gasteiger partial charge in [-0.05, 0) is 60.9 Å². The van der Waals surface area contributed by atoms with E-state index in [0.29, 0.717) is 39.3 Å². The summed E-state index contributed by atoms with van der Waals surface area (Å²) < 4.78 is 11.6. The lowest BCUT2D eigenvalue weighted by molar-refractivity contribution is -0.132. The van der Waals surface area contributed by atoms with Crippen LogP contribution in [0.4, 0.5) is 5.13 Å². The second-order valence-electron chi connectivity index (χ2n) is 9.44. The number of methoxy groups -OCH3 is 1. The van der Waals surface area contributed by atoms with Crippen molar-refractivity contribution in [2.45, 2.75) is 36.4 Å². The van der Waals surface area contributed by atoms with Gasteiger partial charge in [0, 0.05) is 11.3 Å². The maximum atomic E-state index is 13.5. The Morgan fingerprint density at radius 2 is 1.66 bits per heavy atom. The highest BCUT2D eigenvalue weighted by Gasteiger charge is 2.48. The van der Waals surface area contributed by atoms with Crippen LogP contribution in [0.2, 0.25) is 0 Å². The van der Waals surface area contributed by atoms with E-state index in [1.165, 1.54) is 33.6 Å². The largest absolute Gasteiger partial charge is 0.507 e. The minimum Gasteiger partial charge on any atom is -0.507 e. The fourth-order valence-electron chi connectivity index (χ4n) is 4.40. The Morgan fingerprint density at radius 1 is 0.976 bits per heavy atom. The van der Waals surface area contributed by atoms with Gasteiger partial charge in [-0.2, -0.15) is 0 Å². The molecule has 4 aromatic rings. The molecule has 3 aromatic carbocycles. The number of aryl methyl sites for hydroxylation is 1. The monoisotopic (exact) mass is 587 g/mol. The van der Waals surface area contributed by atoms with Crippen molar-refractivity contribution in [1.82, 2.24) is 10.2 Å². The number of thioether (sulfide) groups is 1. The van der Waals surface area contributed by atoms with Gasteiger partial charge < -0.3 is 14.6 Å². The molecule has 10 heteroatoms. The lowest BCUT2D eigenvalue weighted by Gasteiger charge is -2.22. The SMILES string of the molecule is CCCOc1ccc(C2/C(=C(/O)c3ccc(OC)cc3)C(=O)C(=O)N2c2nnc(SCc3ccc(C)cc3)s2)cc1. The van der Waals surface area contributed by atoms with Crippen LogP contribution in [0.15, 0.2) is 82.7 Å². The highest BCUT2D eigenvalue weighted by molar-refractivity contribution is 8.00. The van der Waals surface area contributed by atoms with Gasteiger partial charge in [-0.25, -0.2) is 0 Å². The molecule has 1 N–H and O–H groups in total. The minimum atomic E-state index is -0.903. The van der Waals surface area contributed by atoms with E-state index in [9.17, 15) is 14.7 Å². The van der Waals surface area contributed by atoms with Gasteiger partial charge in [0.2, 0.25) is 5.13 Å². The molecule has 0 saturated carbocycles. The zero-order valence-corrected chi connectivity index (χ0v) is 24.5. The predicted octanol–water partition coefficient (Wildman–Crippen LogP) is 6.56. The lowest BCUT2D eigenvalue weighted by Crippen LogP contribution is -2.29. The van der Waals surface area contributed by atoms with E-state index >= 15 is 0 Å². The summed E-state index contributed by atoms with van der Waals surface area (Å²) in [5.74, 6) is 0.122. The molecule has 0 aliphatic carbocycles. The van der Waals surface area contributed by atoms with Crippen LogP contribution in [0.5, 0.6) is 11.5 Å². The first kappa shape index (κ1) is 28.4. The summed E-state index contributed by atoms with van der Waals surface area (Å²) in [7, 11) is 1.55. The molecule has 1 unspecified atom stereocenters. The third kappa shape index (κ3) is 6.13. The average molecular weight is 588 g/mol. The lowest BCUT2D eigenvalue weighted by atomic mass is 9.95. The van der Waals surface area contributed by atoms with E-state index in [4.69, 9.17) is 9.47 Å². The molecule has 1 atom stereocenters. The first-order valence-corrected chi connectivity index (χ1v) is 14.9. The molecule has 1 aromatic heterocycles. The molecule has 1 aliphatic rings.